The van der Waals surface area contributed by atoms with E-state index in [2.05, 4.69) is 0 Å². The number of benzene rings is 1. The minimum Gasteiger partial charge on any atom is -0.461 e. The molecule has 0 fully saturated rings. The maximum Gasteiger partial charge on any atom is 0.338 e. The van der Waals surface area contributed by atoms with Gasteiger partial charge in [-0.05, 0) is 37.5 Å². The number of esters is 1. The topological polar surface area (TPSA) is 121 Å². The first-order chi connectivity index (χ1) is 12.7. The summed E-state index contributed by atoms with van der Waals surface area (Å²) in [7, 11) is -1.17. The number of carbonyl (C=O) groups is 3. The molecule has 0 aliphatic carbocycles. The van der Waals surface area contributed by atoms with Crippen LogP contribution in [0.15, 0.2) is 0 Å². The van der Waals surface area contributed by atoms with Crippen molar-refractivity contribution in [3.05, 3.63) is 22.3 Å². The van der Waals surface area contributed by atoms with Crippen molar-refractivity contribution in [2.75, 3.05) is 36.3 Å². The van der Waals surface area contributed by atoms with Gasteiger partial charge in [0.25, 0.3) is 10.1 Å². The van der Waals surface area contributed by atoms with Gasteiger partial charge in [0.05, 0.1) is 16.9 Å². The van der Waals surface area contributed by atoms with Crippen LogP contribution in [0.1, 0.15) is 40.9 Å². The predicted molar refractivity (Wildman–Crippen MR) is 106 cm³/mol. The normalized spacial score (nSPS) is 11.1. The maximum atomic E-state index is 12.7. The van der Waals surface area contributed by atoms with Gasteiger partial charge in [-0.25, -0.2) is 4.79 Å². The van der Waals surface area contributed by atoms with Crippen LogP contribution >= 0.6 is 0 Å². The number of carbonyl (C=O) groups excluding carboxylic acids is 3. The summed E-state index contributed by atoms with van der Waals surface area (Å²) in [6.07, 6.45) is 0. The number of anilines is 2. The second-order valence-electron chi connectivity index (χ2n) is 6.53. The monoisotopic (exact) mass is 414 g/mol. The van der Waals surface area contributed by atoms with Gasteiger partial charge in [0, 0.05) is 27.9 Å². The highest BCUT2D eigenvalue weighted by Gasteiger charge is 2.28. The van der Waals surface area contributed by atoms with Crippen molar-refractivity contribution in [1.29, 1.82) is 0 Å². The molecule has 0 spiro atoms. The molecule has 0 aromatic heterocycles. The van der Waals surface area contributed by atoms with Crippen LogP contribution in [0.4, 0.5) is 11.4 Å². The number of rotatable bonds is 6. The minimum absolute atomic E-state index is 0.132. The fourth-order valence-corrected chi connectivity index (χ4v) is 3.43. The van der Waals surface area contributed by atoms with Crippen molar-refractivity contribution in [1.82, 2.24) is 0 Å². The SMILES string of the molecule is CC(=O)N(C)c1c(C)c(C(=O)OCCS(=O)(=O)O)c(C)c(N(C)C(C)=O)c1C. The van der Waals surface area contributed by atoms with Crippen molar-refractivity contribution in [3.63, 3.8) is 0 Å². The van der Waals surface area contributed by atoms with Gasteiger partial charge < -0.3 is 14.5 Å². The zero-order valence-electron chi connectivity index (χ0n) is 17.1. The van der Waals surface area contributed by atoms with Crippen molar-refractivity contribution in [2.45, 2.75) is 34.6 Å². The molecule has 156 valence electrons. The molecular formula is C18H26N2O7S. The van der Waals surface area contributed by atoms with Crippen LogP contribution < -0.4 is 9.80 Å². The van der Waals surface area contributed by atoms with Gasteiger partial charge in [-0.15, -0.1) is 0 Å². The van der Waals surface area contributed by atoms with Crippen LogP contribution in [0.3, 0.4) is 0 Å². The van der Waals surface area contributed by atoms with E-state index in [0.29, 0.717) is 28.1 Å². The highest BCUT2D eigenvalue weighted by Crippen LogP contribution is 2.38. The summed E-state index contributed by atoms with van der Waals surface area (Å²) in [6.45, 7) is 7.25. The zero-order valence-corrected chi connectivity index (χ0v) is 17.9. The molecule has 1 aromatic carbocycles. The molecule has 2 amide bonds. The first kappa shape index (κ1) is 23.6. The summed E-state index contributed by atoms with van der Waals surface area (Å²) in [5.41, 5.74) is 2.62. The Balaban J connectivity index is 3.64. The quantitative estimate of drug-likeness (QED) is 0.554. The van der Waals surface area contributed by atoms with Crippen LogP contribution in [0.25, 0.3) is 0 Å². The largest absolute Gasteiger partial charge is 0.461 e. The van der Waals surface area contributed by atoms with Crippen LogP contribution in [0, 0.1) is 20.8 Å². The van der Waals surface area contributed by atoms with Crippen molar-refractivity contribution >= 4 is 39.3 Å². The first-order valence-corrected chi connectivity index (χ1v) is 10.1. The third-order valence-electron chi connectivity index (χ3n) is 4.56. The highest BCUT2D eigenvalue weighted by molar-refractivity contribution is 7.85. The smallest absolute Gasteiger partial charge is 0.338 e. The van der Waals surface area contributed by atoms with Gasteiger partial charge in [0.15, 0.2) is 0 Å². The fourth-order valence-electron chi connectivity index (χ4n) is 3.13. The molecule has 1 N–H and O–H groups in total. The molecule has 28 heavy (non-hydrogen) atoms. The zero-order chi connectivity index (χ0) is 22.0. The van der Waals surface area contributed by atoms with Crippen molar-refractivity contribution in [2.24, 2.45) is 0 Å². The van der Waals surface area contributed by atoms with E-state index in [1.165, 1.54) is 23.6 Å². The number of amides is 2. The lowest BCUT2D eigenvalue weighted by atomic mass is 9.93. The van der Waals surface area contributed by atoms with Gasteiger partial charge >= 0.3 is 5.97 Å². The van der Waals surface area contributed by atoms with Crippen LogP contribution in [0.2, 0.25) is 0 Å². The molecule has 9 nitrogen and oxygen atoms in total. The number of hydrogen-bond donors (Lipinski definition) is 1. The molecule has 0 atom stereocenters. The van der Waals surface area contributed by atoms with Crippen LogP contribution in [-0.4, -0.2) is 57.2 Å². The lowest BCUT2D eigenvalue weighted by molar-refractivity contribution is -0.117. The highest BCUT2D eigenvalue weighted by atomic mass is 32.2. The van der Waals surface area contributed by atoms with Gasteiger partial charge in [0.2, 0.25) is 11.8 Å². The average molecular weight is 414 g/mol. The summed E-state index contributed by atoms with van der Waals surface area (Å²) in [6, 6.07) is 0. The Bertz CT molecular complexity index is 875. The van der Waals surface area contributed by atoms with E-state index in [9.17, 15) is 22.8 Å². The Kier molecular flexibility index (Phi) is 7.32. The molecule has 0 bridgehead atoms. The van der Waals surface area contributed by atoms with E-state index in [-0.39, 0.29) is 17.4 Å². The van der Waals surface area contributed by atoms with Gasteiger partial charge in [0.1, 0.15) is 12.4 Å². The summed E-state index contributed by atoms with van der Waals surface area (Å²) >= 11 is 0. The molecule has 0 heterocycles. The minimum atomic E-state index is -4.28. The molecule has 10 heteroatoms. The third kappa shape index (κ3) is 5.08. The van der Waals surface area contributed by atoms with E-state index in [4.69, 9.17) is 9.29 Å². The Hall–Kier alpha value is -2.46. The fraction of sp³-hybridized carbons (Fsp3) is 0.500. The predicted octanol–water partition coefficient (Wildman–Crippen LogP) is 1.62. The summed E-state index contributed by atoms with van der Waals surface area (Å²) in [4.78, 5) is 39.3. The number of hydrogen-bond acceptors (Lipinski definition) is 6. The van der Waals surface area contributed by atoms with E-state index >= 15 is 0 Å². The van der Waals surface area contributed by atoms with Crippen LogP contribution in [0.5, 0.6) is 0 Å². The van der Waals surface area contributed by atoms with Gasteiger partial charge in [-0.1, -0.05) is 0 Å². The Morgan fingerprint density at radius 1 is 0.893 bits per heavy atom. The van der Waals surface area contributed by atoms with E-state index < -0.39 is 28.4 Å². The maximum absolute atomic E-state index is 12.7. The molecule has 0 radical (unpaired) electrons. The molecule has 0 aliphatic rings. The van der Waals surface area contributed by atoms with Gasteiger partial charge in [-0.2, -0.15) is 8.42 Å². The Morgan fingerprint density at radius 3 is 1.61 bits per heavy atom. The molecular weight excluding hydrogens is 388 g/mol. The molecule has 0 saturated heterocycles. The number of nitrogens with zero attached hydrogens (tertiary/aromatic N) is 2. The molecule has 1 aromatic rings. The first-order valence-electron chi connectivity index (χ1n) is 8.45. The van der Waals surface area contributed by atoms with Crippen LogP contribution in [-0.2, 0) is 24.4 Å². The summed E-state index contributed by atoms with van der Waals surface area (Å²) in [5.74, 6) is -2.08. The van der Waals surface area contributed by atoms with Crippen molar-refractivity contribution < 1.29 is 32.1 Å². The Labute approximate surface area is 165 Å². The second kappa shape index (κ2) is 8.70. The molecule has 0 unspecified atom stereocenters. The average Bonchev–Trinajstić information content (AvgIpc) is 2.52. The number of ether oxygens (including phenoxy) is 1. The molecule has 1 rings (SSSR count). The third-order valence-corrected chi connectivity index (χ3v) is 5.25. The van der Waals surface area contributed by atoms with E-state index in [1.54, 1.807) is 34.9 Å². The van der Waals surface area contributed by atoms with Crippen molar-refractivity contribution in [3.8, 4) is 0 Å². The summed E-state index contributed by atoms with van der Waals surface area (Å²) in [5, 5.41) is 0. The van der Waals surface area contributed by atoms with E-state index in [0.717, 1.165) is 0 Å². The molecule has 0 aliphatic heterocycles. The standard InChI is InChI=1S/C18H26N2O7S/c1-10-15(18(23)27-8-9-28(24,25)26)11(2)17(20(7)14(5)22)12(3)16(10)19(6)13(4)21/h8-9H2,1-7H3,(H,24,25,26). The van der Waals surface area contributed by atoms with Gasteiger partial charge in [-0.3, -0.25) is 14.1 Å². The Morgan fingerprint density at radius 2 is 1.29 bits per heavy atom. The summed E-state index contributed by atoms with van der Waals surface area (Å²) < 4.78 is 35.5. The lowest BCUT2D eigenvalue weighted by Gasteiger charge is -2.29. The van der Waals surface area contributed by atoms with E-state index in [1.807, 2.05) is 0 Å². The molecule has 0 saturated carbocycles. The lowest BCUT2D eigenvalue weighted by Crippen LogP contribution is -2.30. The second-order valence-corrected chi connectivity index (χ2v) is 8.10.